The van der Waals surface area contributed by atoms with E-state index >= 15 is 4.39 Å². The fourth-order valence-corrected chi connectivity index (χ4v) is 6.78. The molecule has 0 aromatic heterocycles. The molecular weight excluding hydrogens is 509 g/mol. The van der Waals surface area contributed by atoms with Crippen LogP contribution in [0.25, 0.3) is 0 Å². The quantitative estimate of drug-likeness (QED) is 0.611. The van der Waals surface area contributed by atoms with Crippen LogP contribution in [0.4, 0.5) is 4.39 Å². The monoisotopic (exact) mass is 545 g/mol. The van der Waals surface area contributed by atoms with Crippen molar-refractivity contribution in [2.75, 3.05) is 33.2 Å². The zero-order valence-corrected chi connectivity index (χ0v) is 22.8. The standard InChI is InChI=1S/C27H37BrFN5O/c1-17-5-8-21-23(17)25(32(4)16-30-21)33-11-13-34(14-12-33)26(35)24(22-9-10-27(2,3)31-22)19-7-6-18(28)15-20(19)29/h6-7,15-17,22,24-25,31H,5,8-14H2,1-4H3/t17-,22+,24+,25?/m1/s1. The smallest absolute Gasteiger partial charge is 0.231 e. The number of aliphatic imine (C=N–C) groups is 1. The molecule has 4 atom stereocenters. The molecule has 6 nitrogen and oxygen atoms in total. The number of rotatable bonds is 4. The summed E-state index contributed by atoms with van der Waals surface area (Å²) in [6.45, 7) is 9.53. The van der Waals surface area contributed by atoms with Gasteiger partial charge in [-0.25, -0.2) is 9.38 Å². The maximum Gasteiger partial charge on any atom is 0.231 e. The molecule has 1 aliphatic carbocycles. The molecule has 4 aliphatic rings. The fourth-order valence-electron chi connectivity index (χ4n) is 6.45. The highest BCUT2D eigenvalue weighted by atomic mass is 79.9. The summed E-state index contributed by atoms with van der Waals surface area (Å²) in [5.74, 6) is -0.268. The van der Waals surface area contributed by atoms with Gasteiger partial charge in [0.25, 0.3) is 0 Å². The number of amides is 1. The van der Waals surface area contributed by atoms with Crippen LogP contribution in [0.15, 0.2) is 38.9 Å². The highest BCUT2D eigenvalue weighted by Gasteiger charge is 2.43. The van der Waals surface area contributed by atoms with E-state index in [2.05, 4.69) is 63.9 Å². The Morgan fingerprint density at radius 3 is 2.63 bits per heavy atom. The molecule has 2 fully saturated rings. The number of carbonyl (C=O) groups is 1. The highest BCUT2D eigenvalue weighted by Crippen LogP contribution is 2.39. The number of nitrogens with one attached hydrogen (secondary N) is 1. The summed E-state index contributed by atoms with van der Waals surface area (Å²) in [4.78, 5) is 25.3. The van der Waals surface area contributed by atoms with Gasteiger partial charge in [0.05, 0.1) is 12.3 Å². The van der Waals surface area contributed by atoms with Crippen LogP contribution < -0.4 is 5.32 Å². The minimum atomic E-state index is -0.523. The average Bonchev–Trinajstić information content (AvgIpc) is 3.37. The predicted molar refractivity (Wildman–Crippen MR) is 141 cm³/mol. The van der Waals surface area contributed by atoms with E-state index in [9.17, 15) is 4.79 Å². The second-order valence-electron chi connectivity index (χ2n) is 11.3. The van der Waals surface area contributed by atoms with E-state index in [-0.39, 0.29) is 29.5 Å². The van der Waals surface area contributed by atoms with Crippen LogP contribution in [0.5, 0.6) is 0 Å². The molecule has 3 heterocycles. The third kappa shape index (κ3) is 4.81. The van der Waals surface area contributed by atoms with Gasteiger partial charge in [-0.15, -0.1) is 0 Å². The summed E-state index contributed by atoms with van der Waals surface area (Å²) < 4.78 is 15.8. The van der Waals surface area contributed by atoms with Crippen LogP contribution in [0.2, 0.25) is 0 Å². The summed E-state index contributed by atoms with van der Waals surface area (Å²) in [6, 6.07) is 5.02. The first-order valence-electron chi connectivity index (χ1n) is 12.9. The van der Waals surface area contributed by atoms with Gasteiger partial charge in [0.2, 0.25) is 5.91 Å². The molecule has 0 radical (unpaired) electrons. The minimum absolute atomic E-state index is 0.0359. The molecule has 0 saturated carbocycles. The molecule has 35 heavy (non-hydrogen) atoms. The van der Waals surface area contributed by atoms with E-state index in [1.54, 1.807) is 6.07 Å². The summed E-state index contributed by atoms with van der Waals surface area (Å²) in [5, 5.41) is 3.62. The van der Waals surface area contributed by atoms with Crippen molar-refractivity contribution in [2.45, 2.75) is 70.1 Å². The number of halogens is 2. The number of carbonyl (C=O) groups excluding carboxylic acids is 1. The number of allylic oxidation sites excluding steroid dienone is 1. The van der Waals surface area contributed by atoms with Crippen LogP contribution in [-0.2, 0) is 4.79 Å². The normalized spacial score (nSPS) is 29.6. The molecule has 2 saturated heterocycles. The third-order valence-corrected chi connectivity index (χ3v) is 8.83. The molecule has 8 heteroatoms. The van der Waals surface area contributed by atoms with Crippen molar-refractivity contribution in [3.63, 3.8) is 0 Å². The Labute approximate surface area is 216 Å². The molecule has 1 unspecified atom stereocenters. The second-order valence-corrected chi connectivity index (χ2v) is 12.2. The topological polar surface area (TPSA) is 51.2 Å². The predicted octanol–water partition coefficient (Wildman–Crippen LogP) is 4.33. The van der Waals surface area contributed by atoms with Crippen molar-refractivity contribution in [3.05, 3.63) is 45.3 Å². The molecule has 0 spiro atoms. The molecule has 1 amide bonds. The highest BCUT2D eigenvalue weighted by molar-refractivity contribution is 9.10. The maximum absolute atomic E-state index is 15.1. The minimum Gasteiger partial charge on any atom is -0.346 e. The van der Waals surface area contributed by atoms with E-state index in [1.165, 1.54) is 17.3 Å². The van der Waals surface area contributed by atoms with Crippen LogP contribution in [0, 0.1) is 11.7 Å². The van der Waals surface area contributed by atoms with Crippen molar-refractivity contribution in [3.8, 4) is 0 Å². The van der Waals surface area contributed by atoms with E-state index in [1.807, 2.05) is 17.3 Å². The van der Waals surface area contributed by atoms with Crippen molar-refractivity contribution >= 4 is 28.2 Å². The van der Waals surface area contributed by atoms with Crippen LogP contribution >= 0.6 is 15.9 Å². The largest absolute Gasteiger partial charge is 0.346 e. The summed E-state index contributed by atoms with van der Waals surface area (Å²) >= 11 is 3.36. The van der Waals surface area contributed by atoms with E-state index in [4.69, 9.17) is 0 Å². The second kappa shape index (κ2) is 9.60. The van der Waals surface area contributed by atoms with Gasteiger partial charge in [-0.05, 0) is 63.2 Å². The average molecular weight is 547 g/mol. The zero-order chi connectivity index (χ0) is 24.9. The third-order valence-electron chi connectivity index (χ3n) is 8.33. The number of hydrogen-bond acceptors (Lipinski definition) is 5. The lowest BCUT2D eigenvalue weighted by Gasteiger charge is -2.45. The number of piperazine rings is 1. The van der Waals surface area contributed by atoms with Gasteiger partial charge in [-0.2, -0.15) is 0 Å². The Bertz CT molecular complexity index is 1050. The lowest BCUT2D eigenvalue weighted by molar-refractivity contribution is -0.136. The lowest BCUT2D eigenvalue weighted by Crippen LogP contribution is -2.58. The molecule has 1 N–H and O–H groups in total. The van der Waals surface area contributed by atoms with Crippen molar-refractivity contribution in [1.82, 2.24) is 20.0 Å². The fraction of sp³-hybridized carbons (Fsp3) is 0.630. The van der Waals surface area contributed by atoms with E-state index in [0.29, 0.717) is 29.0 Å². The number of nitrogens with zero attached hydrogens (tertiary/aromatic N) is 4. The first kappa shape index (κ1) is 24.9. The van der Waals surface area contributed by atoms with Gasteiger partial charge in [-0.1, -0.05) is 28.9 Å². The first-order valence-corrected chi connectivity index (χ1v) is 13.7. The van der Waals surface area contributed by atoms with Crippen molar-refractivity contribution < 1.29 is 9.18 Å². The Kier molecular flexibility index (Phi) is 6.83. The number of hydrogen-bond donors (Lipinski definition) is 1. The van der Waals surface area contributed by atoms with Gasteiger partial charge in [0, 0.05) is 60.5 Å². The van der Waals surface area contributed by atoms with E-state index in [0.717, 1.165) is 38.8 Å². The van der Waals surface area contributed by atoms with Crippen molar-refractivity contribution in [1.29, 1.82) is 0 Å². The van der Waals surface area contributed by atoms with Gasteiger partial charge in [0.1, 0.15) is 12.0 Å². The SMILES string of the molecule is C[C@@H]1CCC2=C1C(N1CCN(C(=O)[C@@H](c3ccc(Br)cc3F)[C@@H]3CCC(C)(C)N3)CC1)N(C)C=N2. The summed E-state index contributed by atoms with van der Waals surface area (Å²) in [7, 11) is 2.10. The zero-order valence-electron chi connectivity index (χ0n) is 21.2. The summed E-state index contributed by atoms with van der Waals surface area (Å²) in [5.41, 5.74) is 3.14. The van der Waals surface area contributed by atoms with Crippen LogP contribution in [-0.4, -0.2) is 77.9 Å². The van der Waals surface area contributed by atoms with E-state index < -0.39 is 5.92 Å². The van der Waals surface area contributed by atoms with Gasteiger partial charge < -0.3 is 15.1 Å². The maximum atomic E-state index is 15.1. The van der Waals surface area contributed by atoms with Gasteiger partial charge >= 0.3 is 0 Å². The number of benzene rings is 1. The molecule has 3 aliphatic heterocycles. The molecule has 1 aromatic carbocycles. The van der Waals surface area contributed by atoms with Crippen LogP contribution in [0.1, 0.15) is 57.9 Å². The van der Waals surface area contributed by atoms with Gasteiger partial charge in [-0.3, -0.25) is 9.69 Å². The Morgan fingerprint density at radius 1 is 1.23 bits per heavy atom. The Hall–Kier alpha value is -1.77. The number of likely N-dealkylation sites (N-methyl/N-ethyl adjacent to an activating group) is 1. The lowest BCUT2D eigenvalue weighted by atomic mass is 9.88. The van der Waals surface area contributed by atoms with Crippen LogP contribution in [0.3, 0.4) is 0 Å². The molecule has 0 bridgehead atoms. The van der Waals surface area contributed by atoms with Gasteiger partial charge in [0.15, 0.2) is 0 Å². The first-order chi connectivity index (χ1) is 16.6. The Balaban J connectivity index is 1.34. The molecule has 1 aromatic rings. The molecule has 5 rings (SSSR count). The molecule has 190 valence electrons. The molecular formula is C27H37BrFN5O. The Morgan fingerprint density at radius 2 is 1.97 bits per heavy atom. The summed E-state index contributed by atoms with van der Waals surface area (Å²) in [6.07, 6.45) is 6.23. The van der Waals surface area contributed by atoms with Crippen molar-refractivity contribution in [2.24, 2.45) is 10.9 Å².